The first-order valence-corrected chi connectivity index (χ1v) is 8.72. The van der Waals surface area contributed by atoms with Gasteiger partial charge in [-0.05, 0) is 30.5 Å². The molecule has 1 aliphatic rings. The topological polar surface area (TPSA) is 64.8 Å². The molecule has 0 saturated carbocycles. The molecule has 3 rings (SSSR count). The van der Waals surface area contributed by atoms with Crippen molar-refractivity contribution in [3.63, 3.8) is 0 Å². The summed E-state index contributed by atoms with van der Waals surface area (Å²) in [6.07, 6.45) is 3.94. The molecule has 1 unspecified atom stereocenters. The fraction of sp³-hybridized carbons (Fsp3) is 0.474. The number of oxazole rings is 1. The minimum absolute atomic E-state index is 0.0308. The molecule has 1 atom stereocenters. The second-order valence-corrected chi connectivity index (χ2v) is 6.26. The standard InChI is InChI=1S/C19H23FN2O4/c1-24-9-10-25-13-18(23)22-8-2-3-17(22)19-21-12-16(26-19)11-14-4-6-15(20)7-5-14/h4-7,12,17H,2-3,8-11,13H2,1H3. The van der Waals surface area contributed by atoms with Crippen molar-refractivity contribution in [2.24, 2.45) is 0 Å². The Labute approximate surface area is 151 Å². The van der Waals surface area contributed by atoms with Gasteiger partial charge in [0, 0.05) is 20.1 Å². The lowest BCUT2D eigenvalue weighted by atomic mass is 10.1. The van der Waals surface area contributed by atoms with E-state index in [1.54, 1.807) is 30.3 Å². The number of likely N-dealkylation sites (tertiary alicyclic amines) is 1. The number of rotatable bonds is 8. The Morgan fingerprint density at radius 1 is 1.35 bits per heavy atom. The first kappa shape index (κ1) is 18.5. The van der Waals surface area contributed by atoms with Gasteiger partial charge < -0.3 is 18.8 Å². The number of carbonyl (C=O) groups excluding carboxylic acids is 1. The van der Waals surface area contributed by atoms with Gasteiger partial charge in [-0.2, -0.15) is 0 Å². The third-order valence-corrected chi connectivity index (χ3v) is 4.38. The van der Waals surface area contributed by atoms with Crippen LogP contribution in [0.2, 0.25) is 0 Å². The number of hydrogen-bond acceptors (Lipinski definition) is 5. The summed E-state index contributed by atoms with van der Waals surface area (Å²) in [5.74, 6) is 0.911. The number of ether oxygens (including phenoxy) is 2. The van der Waals surface area contributed by atoms with Gasteiger partial charge in [-0.1, -0.05) is 12.1 Å². The van der Waals surface area contributed by atoms with Crippen molar-refractivity contribution in [1.29, 1.82) is 0 Å². The van der Waals surface area contributed by atoms with E-state index >= 15 is 0 Å². The van der Waals surface area contributed by atoms with E-state index in [9.17, 15) is 9.18 Å². The molecule has 0 spiro atoms. The molecule has 2 aromatic rings. The summed E-state index contributed by atoms with van der Waals surface area (Å²) in [7, 11) is 1.59. The van der Waals surface area contributed by atoms with E-state index in [1.807, 2.05) is 0 Å². The van der Waals surface area contributed by atoms with E-state index < -0.39 is 0 Å². The van der Waals surface area contributed by atoms with Gasteiger partial charge in [0.1, 0.15) is 24.2 Å². The highest BCUT2D eigenvalue weighted by Gasteiger charge is 2.33. The van der Waals surface area contributed by atoms with E-state index in [0.29, 0.717) is 37.8 Å². The molecule has 1 aromatic carbocycles. The molecule has 1 aliphatic heterocycles. The SMILES string of the molecule is COCCOCC(=O)N1CCCC1c1ncc(Cc2ccc(F)cc2)o1. The maximum Gasteiger partial charge on any atom is 0.249 e. The Kier molecular flexibility index (Phi) is 6.35. The Morgan fingerprint density at radius 2 is 2.15 bits per heavy atom. The number of carbonyl (C=O) groups is 1. The molecule has 0 radical (unpaired) electrons. The predicted octanol–water partition coefficient (Wildman–Crippen LogP) is 2.73. The normalized spacial score (nSPS) is 17.0. The van der Waals surface area contributed by atoms with Crippen LogP contribution in [0.1, 0.15) is 36.1 Å². The Hall–Kier alpha value is -2.25. The van der Waals surface area contributed by atoms with E-state index in [4.69, 9.17) is 13.9 Å². The van der Waals surface area contributed by atoms with Gasteiger partial charge in [0.25, 0.3) is 0 Å². The van der Waals surface area contributed by atoms with E-state index in [2.05, 4.69) is 4.98 Å². The Balaban J connectivity index is 1.60. The summed E-state index contributed by atoms with van der Waals surface area (Å²) in [6, 6.07) is 6.14. The van der Waals surface area contributed by atoms with Gasteiger partial charge in [-0.15, -0.1) is 0 Å². The van der Waals surface area contributed by atoms with Crippen molar-refractivity contribution in [2.75, 3.05) is 33.5 Å². The third kappa shape index (κ3) is 4.68. The number of hydrogen-bond donors (Lipinski definition) is 0. The molecule has 0 N–H and O–H groups in total. The van der Waals surface area contributed by atoms with E-state index in [-0.39, 0.29) is 24.4 Å². The zero-order valence-corrected chi connectivity index (χ0v) is 14.8. The average molecular weight is 362 g/mol. The van der Waals surface area contributed by atoms with Gasteiger partial charge in [-0.25, -0.2) is 9.37 Å². The average Bonchev–Trinajstić information content (AvgIpc) is 3.29. The van der Waals surface area contributed by atoms with Crippen LogP contribution < -0.4 is 0 Å². The molecule has 1 amide bonds. The first-order chi connectivity index (χ1) is 12.7. The summed E-state index contributed by atoms with van der Waals surface area (Å²) < 4.78 is 29.1. The van der Waals surface area contributed by atoms with Gasteiger partial charge in [0.15, 0.2) is 0 Å². The van der Waals surface area contributed by atoms with Crippen molar-refractivity contribution < 1.29 is 23.1 Å². The highest BCUT2D eigenvalue weighted by molar-refractivity contribution is 5.78. The summed E-state index contributed by atoms with van der Waals surface area (Å²) in [5.41, 5.74) is 0.944. The van der Waals surface area contributed by atoms with Crippen LogP contribution in [-0.2, 0) is 20.7 Å². The van der Waals surface area contributed by atoms with Gasteiger partial charge in [0.2, 0.25) is 11.8 Å². The lowest BCUT2D eigenvalue weighted by Crippen LogP contribution is -2.34. The maximum absolute atomic E-state index is 13.0. The molecule has 140 valence electrons. The molecule has 7 heteroatoms. The molecule has 26 heavy (non-hydrogen) atoms. The summed E-state index contributed by atoms with van der Waals surface area (Å²) in [5, 5.41) is 0. The van der Waals surface area contributed by atoms with Gasteiger partial charge in [0.05, 0.1) is 19.4 Å². The molecule has 0 aliphatic carbocycles. The van der Waals surface area contributed by atoms with Crippen LogP contribution >= 0.6 is 0 Å². The summed E-state index contributed by atoms with van der Waals surface area (Å²) in [4.78, 5) is 18.5. The number of amides is 1. The summed E-state index contributed by atoms with van der Waals surface area (Å²) in [6.45, 7) is 1.56. The molecule has 6 nitrogen and oxygen atoms in total. The Morgan fingerprint density at radius 3 is 2.92 bits per heavy atom. The fourth-order valence-corrected chi connectivity index (χ4v) is 3.07. The lowest BCUT2D eigenvalue weighted by Gasteiger charge is -2.22. The highest BCUT2D eigenvalue weighted by Crippen LogP contribution is 2.32. The van der Waals surface area contributed by atoms with Crippen molar-refractivity contribution in [3.8, 4) is 0 Å². The summed E-state index contributed by atoms with van der Waals surface area (Å²) >= 11 is 0. The van der Waals surface area contributed by atoms with Crippen molar-refractivity contribution >= 4 is 5.91 Å². The molecule has 1 aromatic heterocycles. The first-order valence-electron chi connectivity index (χ1n) is 8.72. The quantitative estimate of drug-likeness (QED) is 0.676. The maximum atomic E-state index is 13.0. The fourth-order valence-electron chi connectivity index (χ4n) is 3.07. The molecule has 2 heterocycles. The van der Waals surface area contributed by atoms with Crippen molar-refractivity contribution in [2.45, 2.75) is 25.3 Å². The van der Waals surface area contributed by atoms with Crippen LogP contribution in [0.4, 0.5) is 4.39 Å². The molecule has 1 fully saturated rings. The monoisotopic (exact) mass is 362 g/mol. The molecule has 0 bridgehead atoms. The minimum atomic E-state index is -0.264. The number of methoxy groups -OCH3 is 1. The van der Waals surface area contributed by atoms with Crippen LogP contribution in [0.15, 0.2) is 34.9 Å². The minimum Gasteiger partial charge on any atom is -0.443 e. The number of halogens is 1. The van der Waals surface area contributed by atoms with Crippen molar-refractivity contribution in [3.05, 3.63) is 53.5 Å². The molecule has 1 saturated heterocycles. The molecular weight excluding hydrogens is 339 g/mol. The van der Waals surface area contributed by atoms with Crippen LogP contribution in [-0.4, -0.2) is 49.3 Å². The van der Waals surface area contributed by atoms with Crippen LogP contribution in [0.3, 0.4) is 0 Å². The highest BCUT2D eigenvalue weighted by atomic mass is 19.1. The van der Waals surface area contributed by atoms with Crippen LogP contribution in [0.5, 0.6) is 0 Å². The zero-order chi connectivity index (χ0) is 18.4. The predicted molar refractivity (Wildman–Crippen MR) is 92.1 cm³/mol. The van der Waals surface area contributed by atoms with E-state index in [1.165, 1.54) is 12.1 Å². The molecular formula is C19H23FN2O4. The second kappa shape index (κ2) is 8.91. The van der Waals surface area contributed by atoms with Crippen LogP contribution in [0.25, 0.3) is 0 Å². The Bertz CT molecular complexity index is 717. The number of nitrogens with zero attached hydrogens (tertiary/aromatic N) is 2. The van der Waals surface area contributed by atoms with Crippen LogP contribution in [0, 0.1) is 5.82 Å². The van der Waals surface area contributed by atoms with E-state index in [0.717, 1.165) is 18.4 Å². The number of benzene rings is 1. The second-order valence-electron chi connectivity index (χ2n) is 6.26. The number of aromatic nitrogens is 1. The largest absolute Gasteiger partial charge is 0.443 e. The van der Waals surface area contributed by atoms with Crippen molar-refractivity contribution in [1.82, 2.24) is 9.88 Å². The third-order valence-electron chi connectivity index (χ3n) is 4.38. The van der Waals surface area contributed by atoms with Gasteiger partial charge in [-0.3, -0.25) is 4.79 Å². The smallest absolute Gasteiger partial charge is 0.249 e. The zero-order valence-electron chi connectivity index (χ0n) is 14.8. The van der Waals surface area contributed by atoms with Gasteiger partial charge >= 0.3 is 0 Å². The lowest BCUT2D eigenvalue weighted by molar-refractivity contribution is -0.137.